The van der Waals surface area contributed by atoms with Gasteiger partial charge in [0.05, 0.1) is 10.5 Å². The van der Waals surface area contributed by atoms with Crippen molar-refractivity contribution in [1.29, 1.82) is 0 Å². The van der Waals surface area contributed by atoms with Crippen LogP contribution in [0.15, 0.2) is 12.3 Å². The highest BCUT2D eigenvalue weighted by Gasteiger charge is 2.23. The van der Waals surface area contributed by atoms with Crippen molar-refractivity contribution in [3.8, 4) is 0 Å². The lowest BCUT2D eigenvalue weighted by Crippen LogP contribution is -2.25. The normalized spacial score (nSPS) is 21.8. The number of anilines is 1. The highest BCUT2D eigenvalue weighted by atomic mass is 16.6. The monoisotopic (exact) mass is 293 g/mol. The van der Waals surface area contributed by atoms with Crippen LogP contribution in [0.3, 0.4) is 0 Å². The molecular weight excluding hydrogens is 274 g/mol. The van der Waals surface area contributed by atoms with Gasteiger partial charge in [0.25, 0.3) is 0 Å². The number of nitrogens with one attached hydrogen (secondary N) is 1. The lowest BCUT2D eigenvalue weighted by molar-refractivity contribution is -0.384. The summed E-state index contributed by atoms with van der Waals surface area (Å²) in [5.74, 6) is -0.0243. The lowest BCUT2D eigenvalue weighted by Gasteiger charge is -2.28. The maximum Gasteiger partial charge on any atom is 0.337 e. The van der Waals surface area contributed by atoms with Gasteiger partial charge in [0.2, 0.25) is 5.82 Å². The first-order valence-electron chi connectivity index (χ1n) is 7.10. The number of rotatable bonds is 5. The minimum atomic E-state index is -1.22. The van der Waals surface area contributed by atoms with E-state index in [-0.39, 0.29) is 17.1 Å². The maximum atomic E-state index is 11.0. The predicted octanol–water partition coefficient (Wildman–Crippen LogP) is 2.93. The molecule has 1 aliphatic carbocycles. The quantitative estimate of drug-likeness (QED) is 0.638. The largest absolute Gasteiger partial charge is 0.478 e. The fourth-order valence-corrected chi connectivity index (χ4v) is 2.77. The van der Waals surface area contributed by atoms with Crippen LogP contribution in [0, 0.1) is 22.0 Å². The number of carboxylic acid groups (broad SMARTS) is 1. The van der Waals surface area contributed by atoms with Crippen LogP contribution in [0.2, 0.25) is 0 Å². The molecule has 1 aliphatic rings. The van der Waals surface area contributed by atoms with Gasteiger partial charge in [0.1, 0.15) is 0 Å². The molecule has 2 rings (SSSR count). The Kier molecular flexibility index (Phi) is 4.72. The van der Waals surface area contributed by atoms with Gasteiger partial charge in [0.15, 0.2) is 0 Å². The Hall–Kier alpha value is -2.18. The number of hydrogen-bond acceptors (Lipinski definition) is 5. The van der Waals surface area contributed by atoms with Gasteiger partial charge in [-0.25, -0.2) is 9.78 Å². The number of hydrogen-bond donors (Lipinski definition) is 2. The summed E-state index contributed by atoms with van der Waals surface area (Å²) in [6.45, 7) is 2.82. The molecule has 2 atom stereocenters. The van der Waals surface area contributed by atoms with Crippen LogP contribution >= 0.6 is 0 Å². The molecule has 2 unspecified atom stereocenters. The Morgan fingerprint density at radius 2 is 2.24 bits per heavy atom. The molecule has 1 aromatic heterocycles. The number of carboxylic acids is 1. The molecule has 2 N–H and O–H groups in total. The third kappa shape index (κ3) is 3.68. The Morgan fingerprint density at radius 1 is 1.52 bits per heavy atom. The molecule has 7 heteroatoms. The van der Waals surface area contributed by atoms with Gasteiger partial charge in [-0.3, -0.25) is 10.1 Å². The molecule has 0 aromatic carbocycles. The van der Waals surface area contributed by atoms with Crippen LogP contribution in [0.5, 0.6) is 0 Å². The van der Waals surface area contributed by atoms with E-state index in [1.807, 2.05) is 0 Å². The van der Waals surface area contributed by atoms with Gasteiger partial charge in [-0.1, -0.05) is 26.2 Å². The van der Waals surface area contributed by atoms with Gasteiger partial charge in [-0.2, -0.15) is 0 Å². The summed E-state index contributed by atoms with van der Waals surface area (Å²) >= 11 is 0. The van der Waals surface area contributed by atoms with E-state index in [9.17, 15) is 14.9 Å². The van der Waals surface area contributed by atoms with Gasteiger partial charge >= 0.3 is 11.7 Å². The molecule has 1 fully saturated rings. The standard InChI is InChI=1S/C14H19N3O4/c1-9-4-2-3-5-10(9)7-15-13-12(17(20)21)6-11(8-16-13)14(18)19/h6,8-10H,2-5,7H2,1H3,(H,15,16)(H,18,19). The first kappa shape index (κ1) is 15.2. The molecule has 1 saturated carbocycles. The van der Waals surface area contributed by atoms with Crippen molar-refractivity contribution in [3.05, 3.63) is 27.9 Å². The Balaban J connectivity index is 2.11. The number of aromatic carboxylic acids is 1. The van der Waals surface area contributed by atoms with Gasteiger partial charge in [-0.05, 0) is 18.3 Å². The molecule has 1 aromatic rings. The zero-order valence-corrected chi connectivity index (χ0v) is 11.9. The lowest BCUT2D eigenvalue weighted by atomic mass is 9.80. The molecule has 0 aliphatic heterocycles. The van der Waals surface area contributed by atoms with E-state index in [1.165, 1.54) is 19.3 Å². The fraction of sp³-hybridized carbons (Fsp3) is 0.571. The van der Waals surface area contributed by atoms with Crippen molar-refractivity contribution < 1.29 is 14.8 Å². The van der Waals surface area contributed by atoms with Crippen LogP contribution in [0.4, 0.5) is 11.5 Å². The van der Waals surface area contributed by atoms with E-state index in [0.29, 0.717) is 18.4 Å². The number of carbonyl (C=O) groups is 1. The van der Waals surface area contributed by atoms with Crippen molar-refractivity contribution in [2.45, 2.75) is 32.6 Å². The van der Waals surface area contributed by atoms with Gasteiger partial charge in [0, 0.05) is 18.8 Å². The molecular formula is C14H19N3O4. The van der Waals surface area contributed by atoms with Crippen LogP contribution in [-0.4, -0.2) is 27.5 Å². The highest BCUT2D eigenvalue weighted by molar-refractivity contribution is 5.88. The third-order valence-corrected chi connectivity index (χ3v) is 4.13. The summed E-state index contributed by atoms with van der Waals surface area (Å²) in [6.07, 6.45) is 5.85. The van der Waals surface area contributed by atoms with E-state index in [0.717, 1.165) is 18.7 Å². The fourth-order valence-electron chi connectivity index (χ4n) is 2.77. The number of nitro groups is 1. The van der Waals surface area contributed by atoms with Gasteiger partial charge in [-0.15, -0.1) is 0 Å². The number of aromatic nitrogens is 1. The van der Waals surface area contributed by atoms with Gasteiger partial charge < -0.3 is 10.4 Å². The van der Waals surface area contributed by atoms with Crippen LogP contribution in [-0.2, 0) is 0 Å². The Labute approximate surface area is 122 Å². The first-order valence-corrected chi connectivity index (χ1v) is 7.10. The second-order valence-corrected chi connectivity index (χ2v) is 5.56. The van der Waals surface area contributed by atoms with Crippen LogP contribution in [0.25, 0.3) is 0 Å². The van der Waals surface area contributed by atoms with Crippen molar-refractivity contribution >= 4 is 17.5 Å². The number of pyridine rings is 1. The van der Waals surface area contributed by atoms with E-state index in [4.69, 9.17) is 5.11 Å². The summed E-state index contributed by atoms with van der Waals surface area (Å²) in [5, 5.41) is 22.9. The van der Waals surface area contributed by atoms with Crippen molar-refractivity contribution in [2.75, 3.05) is 11.9 Å². The summed E-state index contributed by atoms with van der Waals surface area (Å²) in [4.78, 5) is 25.2. The van der Waals surface area contributed by atoms with E-state index < -0.39 is 10.9 Å². The summed E-state index contributed by atoms with van der Waals surface area (Å²) < 4.78 is 0. The predicted molar refractivity (Wildman–Crippen MR) is 77.5 cm³/mol. The summed E-state index contributed by atoms with van der Waals surface area (Å²) in [5.41, 5.74) is -0.475. The molecule has 0 spiro atoms. The highest BCUT2D eigenvalue weighted by Crippen LogP contribution is 2.30. The summed E-state index contributed by atoms with van der Waals surface area (Å²) in [7, 11) is 0. The zero-order chi connectivity index (χ0) is 15.4. The molecule has 0 bridgehead atoms. The minimum absolute atomic E-state index is 0.141. The van der Waals surface area contributed by atoms with E-state index in [2.05, 4.69) is 17.2 Å². The average Bonchev–Trinajstić information content (AvgIpc) is 2.46. The van der Waals surface area contributed by atoms with Crippen LogP contribution in [0.1, 0.15) is 43.0 Å². The molecule has 1 heterocycles. The van der Waals surface area contributed by atoms with E-state index >= 15 is 0 Å². The second-order valence-electron chi connectivity index (χ2n) is 5.56. The van der Waals surface area contributed by atoms with Crippen molar-refractivity contribution in [2.24, 2.45) is 11.8 Å². The zero-order valence-electron chi connectivity index (χ0n) is 11.9. The molecule has 7 nitrogen and oxygen atoms in total. The summed E-state index contributed by atoms with van der Waals surface area (Å²) in [6, 6.07) is 1.04. The molecule has 0 radical (unpaired) electrons. The van der Waals surface area contributed by atoms with Crippen LogP contribution < -0.4 is 5.32 Å². The maximum absolute atomic E-state index is 11.0. The Bertz CT molecular complexity index is 547. The molecule has 0 saturated heterocycles. The van der Waals surface area contributed by atoms with Crippen molar-refractivity contribution in [1.82, 2.24) is 4.98 Å². The second kappa shape index (κ2) is 6.51. The molecule has 114 valence electrons. The number of nitrogens with zero attached hydrogens (tertiary/aromatic N) is 2. The average molecular weight is 293 g/mol. The minimum Gasteiger partial charge on any atom is -0.478 e. The third-order valence-electron chi connectivity index (χ3n) is 4.13. The van der Waals surface area contributed by atoms with Crippen molar-refractivity contribution in [3.63, 3.8) is 0 Å². The first-order chi connectivity index (χ1) is 9.99. The smallest absolute Gasteiger partial charge is 0.337 e. The van der Waals surface area contributed by atoms with E-state index in [1.54, 1.807) is 0 Å². The molecule has 21 heavy (non-hydrogen) atoms. The SMILES string of the molecule is CC1CCCCC1CNc1ncc(C(=O)O)cc1[N+](=O)[O-]. The Morgan fingerprint density at radius 3 is 2.86 bits per heavy atom. The topological polar surface area (TPSA) is 105 Å². The molecule has 0 amide bonds.